The molecule has 1 atom stereocenters. The lowest BCUT2D eigenvalue weighted by atomic mass is 10.1. The van der Waals surface area contributed by atoms with E-state index in [-0.39, 0.29) is 0 Å². The number of aryl methyl sites for hydroxylation is 1. The van der Waals surface area contributed by atoms with Crippen molar-refractivity contribution in [3.63, 3.8) is 0 Å². The predicted octanol–water partition coefficient (Wildman–Crippen LogP) is 3.09. The van der Waals surface area contributed by atoms with Crippen LogP contribution in [0.15, 0.2) is 54.6 Å². The molecule has 2 aromatic carbocycles. The molecule has 0 unspecified atom stereocenters. The van der Waals surface area contributed by atoms with Gasteiger partial charge in [0.2, 0.25) is 0 Å². The molecule has 0 aromatic heterocycles. The van der Waals surface area contributed by atoms with Crippen LogP contribution in [-0.4, -0.2) is 9.52 Å². The fraction of sp³-hybridized carbons (Fsp3) is 0.200. The molecule has 0 nitrogen and oxygen atoms in total. The van der Waals surface area contributed by atoms with Gasteiger partial charge in [-0.15, -0.1) is 0 Å². The molecule has 0 fully saturated rings. The summed E-state index contributed by atoms with van der Waals surface area (Å²) < 4.78 is 0. The lowest BCUT2D eigenvalue weighted by molar-refractivity contribution is 1.07. The van der Waals surface area contributed by atoms with E-state index in [0.717, 1.165) is 9.52 Å². The number of hydrogen-bond donors (Lipinski definition) is 0. The summed E-state index contributed by atoms with van der Waals surface area (Å²) in [6.45, 7) is 4.46. The topological polar surface area (TPSA) is 0 Å². The van der Waals surface area contributed by atoms with Crippen LogP contribution in [0.5, 0.6) is 0 Å². The second kappa shape index (κ2) is 5.13. The Bertz CT molecular complexity index is 448. The first-order valence-electron chi connectivity index (χ1n) is 5.64. The minimum absolute atomic E-state index is 0.613. The first-order valence-corrected chi connectivity index (χ1v) is 6.71. The Labute approximate surface area is 100 Å². The largest absolute Gasteiger partial charge is 0.0887 e. The molecule has 2 radical (unpaired) electrons. The van der Waals surface area contributed by atoms with Crippen molar-refractivity contribution in [1.82, 2.24) is 0 Å². The van der Waals surface area contributed by atoms with Crippen LogP contribution in [0.25, 0.3) is 0 Å². The molecular weight excluding hydrogens is 208 g/mol. The summed E-state index contributed by atoms with van der Waals surface area (Å²) in [5, 5.41) is 1.44. The van der Waals surface area contributed by atoms with Crippen LogP contribution in [0.4, 0.5) is 0 Å². The van der Waals surface area contributed by atoms with E-state index in [9.17, 15) is 0 Å². The van der Waals surface area contributed by atoms with Crippen LogP contribution in [0.3, 0.4) is 0 Å². The Morgan fingerprint density at radius 2 is 1.69 bits per heavy atom. The van der Waals surface area contributed by atoms with Crippen LogP contribution < -0.4 is 5.19 Å². The molecule has 0 saturated carbocycles. The van der Waals surface area contributed by atoms with Crippen LogP contribution in [0.2, 0.25) is 0 Å². The molecule has 0 saturated heterocycles. The SMILES string of the molecule is Cc1cccc([C@H](C)[Si]c2ccccc2)c1. The van der Waals surface area contributed by atoms with Crippen molar-refractivity contribution in [2.24, 2.45) is 0 Å². The Kier molecular flexibility index (Phi) is 3.57. The number of rotatable bonds is 3. The van der Waals surface area contributed by atoms with Gasteiger partial charge in [0.1, 0.15) is 0 Å². The number of hydrogen-bond acceptors (Lipinski definition) is 0. The van der Waals surface area contributed by atoms with Crippen molar-refractivity contribution in [3.8, 4) is 0 Å². The van der Waals surface area contributed by atoms with Gasteiger partial charge < -0.3 is 0 Å². The zero-order chi connectivity index (χ0) is 11.4. The van der Waals surface area contributed by atoms with Gasteiger partial charge >= 0.3 is 0 Å². The molecule has 2 rings (SSSR count). The van der Waals surface area contributed by atoms with Gasteiger partial charge in [-0.2, -0.15) is 0 Å². The summed E-state index contributed by atoms with van der Waals surface area (Å²) in [6.07, 6.45) is 0. The monoisotopic (exact) mass is 224 g/mol. The van der Waals surface area contributed by atoms with Gasteiger partial charge in [0, 0.05) is 0 Å². The summed E-state index contributed by atoms with van der Waals surface area (Å²) >= 11 is 0. The molecule has 2 aromatic rings. The van der Waals surface area contributed by atoms with Crippen molar-refractivity contribution < 1.29 is 0 Å². The summed E-state index contributed by atoms with van der Waals surface area (Å²) in [5.74, 6) is 0. The summed E-state index contributed by atoms with van der Waals surface area (Å²) in [4.78, 5) is 0. The van der Waals surface area contributed by atoms with E-state index < -0.39 is 0 Å². The Morgan fingerprint density at radius 3 is 2.38 bits per heavy atom. The molecule has 80 valence electrons. The second-order valence-electron chi connectivity index (χ2n) is 4.15. The van der Waals surface area contributed by atoms with Gasteiger partial charge in [0.25, 0.3) is 0 Å². The highest BCUT2D eigenvalue weighted by molar-refractivity contribution is 6.54. The fourth-order valence-electron chi connectivity index (χ4n) is 1.81. The quantitative estimate of drug-likeness (QED) is 0.703. The molecule has 0 heterocycles. The lowest BCUT2D eigenvalue weighted by Crippen LogP contribution is -2.19. The third-order valence-electron chi connectivity index (χ3n) is 2.70. The van der Waals surface area contributed by atoms with Crippen molar-refractivity contribution in [3.05, 3.63) is 65.7 Å². The molecule has 0 aliphatic heterocycles. The van der Waals surface area contributed by atoms with E-state index in [0.29, 0.717) is 5.54 Å². The van der Waals surface area contributed by atoms with Crippen LogP contribution in [-0.2, 0) is 0 Å². The maximum absolute atomic E-state index is 2.31. The highest BCUT2D eigenvalue weighted by Crippen LogP contribution is 2.14. The highest BCUT2D eigenvalue weighted by atomic mass is 28.2. The molecule has 0 spiro atoms. The molecule has 0 aliphatic carbocycles. The first-order chi connectivity index (χ1) is 7.75. The molecule has 16 heavy (non-hydrogen) atoms. The summed E-state index contributed by atoms with van der Waals surface area (Å²) in [6, 6.07) is 19.6. The smallest absolute Gasteiger partial charge is 0.0636 e. The third kappa shape index (κ3) is 2.83. The van der Waals surface area contributed by atoms with Gasteiger partial charge in [-0.25, -0.2) is 0 Å². The predicted molar refractivity (Wildman–Crippen MR) is 71.4 cm³/mol. The van der Waals surface area contributed by atoms with Crippen molar-refractivity contribution in [2.75, 3.05) is 0 Å². The van der Waals surface area contributed by atoms with E-state index in [2.05, 4.69) is 68.4 Å². The van der Waals surface area contributed by atoms with E-state index in [4.69, 9.17) is 0 Å². The van der Waals surface area contributed by atoms with E-state index in [1.807, 2.05) is 0 Å². The third-order valence-corrected chi connectivity index (χ3v) is 4.13. The zero-order valence-electron chi connectivity index (χ0n) is 9.77. The molecule has 1 heteroatoms. The highest BCUT2D eigenvalue weighted by Gasteiger charge is 2.07. The Hall–Kier alpha value is -1.34. The van der Waals surface area contributed by atoms with Crippen LogP contribution in [0.1, 0.15) is 23.6 Å². The average molecular weight is 224 g/mol. The van der Waals surface area contributed by atoms with Gasteiger partial charge in [-0.1, -0.05) is 72.3 Å². The first kappa shape index (κ1) is 11.2. The van der Waals surface area contributed by atoms with Gasteiger partial charge in [-0.05, 0) is 18.0 Å². The Balaban J connectivity index is 2.12. The van der Waals surface area contributed by atoms with Gasteiger partial charge in [0.15, 0.2) is 0 Å². The fourth-order valence-corrected chi connectivity index (χ4v) is 3.04. The van der Waals surface area contributed by atoms with E-state index in [1.54, 1.807) is 0 Å². The summed E-state index contributed by atoms with van der Waals surface area (Å²) in [7, 11) is 0.852. The molecule has 0 N–H and O–H groups in total. The standard InChI is InChI=1S/C15H16Si/c1-12-7-6-8-14(11-12)13(2)16-15-9-4-3-5-10-15/h3-11,13H,1-2H3/t13-/m0/s1. The molecule has 0 bridgehead atoms. The van der Waals surface area contributed by atoms with Gasteiger partial charge in [-0.3, -0.25) is 0 Å². The van der Waals surface area contributed by atoms with Gasteiger partial charge in [0.05, 0.1) is 9.52 Å². The number of benzene rings is 2. The van der Waals surface area contributed by atoms with E-state index in [1.165, 1.54) is 16.3 Å². The maximum Gasteiger partial charge on any atom is 0.0887 e. The van der Waals surface area contributed by atoms with Crippen LogP contribution >= 0.6 is 0 Å². The van der Waals surface area contributed by atoms with Crippen molar-refractivity contribution in [2.45, 2.75) is 19.4 Å². The zero-order valence-corrected chi connectivity index (χ0v) is 10.8. The van der Waals surface area contributed by atoms with Crippen molar-refractivity contribution >= 4 is 14.7 Å². The van der Waals surface area contributed by atoms with E-state index >= 15 is 0 Å². The molecule has 0 amide bonds. The molecule has 0 aliphatic rings. The minimum Gasteiger partial charge on any atom is -0.0636 e. The van der Waals surface area contributed by atoms with Crippen molar-refractivity contribution in [1.29, 1.82) is 0 Å². The second-order valence-corrected chi connectivity index (χ2v) is 5.88. The molecular formula is C15H16Si. The lowest BCUT2D eigenvalue weighted by Gasteiger charge is -2.11. The average Bonchev–Trinajstić information content (AvgIpc) is 2.30. The summed E-state index contributed by atoms with van der Waals surface area (Å²) in [5.41, 5.74) is 3.41. The normalized spacial score (nSPS) is 12.4. The minimum atomic E-state index is 0.613. The Morgan fingerprint density at radius 1 is 0.938 bits per heavy atom. The van der Waals surface area contributed by atoms with Crippen LogP contribution in [0, 0.1) is 6.92 Å². The maximum atomic E-state index is 2.31.